The second kappa shape index (κ2) is 5.39. The molecular weight excluding hydrogens is 252 g/mol. The van der Waals surface area contributed by atoms with E-state index in [-0.39, 0.29) is 5.78 Å². The Labute approximate surface area is 110 Å². The van der Waals surface area contributed by atoms with Gasteiger partial charge in [0.05, 0.1) is 10.6 Å². The van der Waals surface area contributed by atoms with Crippen molar-refractivity contribution in [3.05, 3.63) is 64.7 Å². The monoisotopic (exact) mass is 262 g/mol. The van der Waals surface area contributed by atoms with Crippen molar-refractivity contribution in [2.45, 2.75) is 4.90 Å². The summed E-state index contributed by atoms with van der Waals surface area (Å²) in [6.07, 6.45) is 1.94. The number of carbonyl (C=O) groups is 1. The first-order chi connectivity index (χ1) is 8.24. The van der Waals surface area contributed by atoms with Gasteiger partial charge in [0.15, 0.2) is 5.78 Å². The minimum atomic E-state index is -0.0273. The van der Waals surface area contributed by atoms with E-state index < -0.39 is 0 Å². The molecule has 17 heavy (non-hydrogen) atoms. The lowest BCUT2D eigenvalue weighted by Gasteiger charge is -2.08. The Hall–Kier alpha value is -1.25. The molecule has 0 aliphatic carbocycles. The molecule has 2 rings (SSSR count). The minimum absolute atomic E-state index is 0.0273. The molecule has 0 atom stereocenters. The van der Waals surface area contributed by atoms with Crippen LogP contribution in [0.1, 0.15) is 15.9 Å². The van der Waals surface area contributed by atoms with E-state index in [9.17, 15) is 4.79 Å². The van der Waals surface area contributed by atoms with Crippen LogP contribution in [0.25, 0.3) is 0 Å². The Morgan fingerprint density at radius 2 is 1.76 bits per heavy atom. The molecule has 2 aromatic carbocycles. The molecule has 0 amide bonds. The van der Waals surface area contributed by atoms with Gasteiger partial charge < -0.3 is 0 Å². The number of carbonyl (C=O) groups excluding carboxylic acids is 1. The molecule has 0 saturated heterocycles. The van der Waals surface area contributed by atoms with Crippen molar-refractivity contribution in [1.82, 2.24) is 0 Å². The summed E-state index contributed by atoms with van der Waals surface area (Å²) in [4.78, 5) is 13.3. The lowest BCUT2D eigenvalue weighted by Crippen LogP contribution is -2.03. The third kappa shape index (κ3) is 2.54. The Morgan fingerprint density at radius 3 is 2.41 bits per heavy atom. The van der Waals surface area contributed by atoms with Crippen LogP contribution in [-0.4, -0.2) is 12.0 Å². The minimum Gasteiger partial charge on any atom is -0.289 e. The van der Waals surface area contributed by atoms with E-state index in [1.54, 1.807) is 18.2 Å². The molecule has 0 heterocycles. The largest absolute Gasteiger partial charge is 0.289 e. The molecule has 0 aliphatic heterocycles. The summed E-state index contributed by atoms with van der Waals surface area (Å²) in [6.45, 7) is 0. The van der Waals surface area contributed by atoms with Gasteiger partial charge in [0.1, 0.15) is 0 Å². The van der Waals surface area contributed by atoms with E-state index in [0.29, 0.717) is 16.1 Å². The molecule has 2 aromatic rings. The van der Waals surface area contributed by atoms with Gasteiger partial charge in [-0.3, -0.25) is 4.79 Å². The summed E-state index contributed by atoms with van der Waals surface area (Å²) in [5, 5.41) is 0.505. The SMILES string of the molecule is CSc1cccc(Cl)c1C(=O)c1ccccc1. The third-order valence-corrected chi connectivity index (χ3v) is 3.55. The molecule has 0 saturated carbocycles. The number of thioether (sulfide) groups is 1. The van der Waals surface area contributed by atoms with Crippen molar-refractivity contribution in [3.63, 3.8) is 0 Å². The quantitative estimate of drug-likeness (QED) is 0.606. The zero-order valence-electron chi connectivity index (χ0n) is 9.31. The molecule has 0 aliphatic rings. The van der Waals surface area contributed by atoms with E-state index in [0.717, 1.165) is 4.90 Å². The Bertz CT molecular complexity index is 537. The smallest absolute Gasteiger partial charge is 0.195 e. The predicted molar refractivity (Wildman–Crippen MR) is 73.1 cm³/mol. The van der Waals surface area contributed by atoms with Crippen molar-refractivity contribution in [1.29, 1.82) is 0 Å². The number of hydrogen-bond donors (Lipinski definition) is 0. The van der Waals surface area contributed by atoms with Gasteiger partial charge in [0.2, 0.25) is 0 Å². The molecule has 0 N–H and O–H groups in total. The van der Waals surface area contributed by atoms with Crippen LogP contribution >= 0.6 is 23.4 Å². The highest BCUT2D eigenvalue weighted by Crippen LogP contribution is 2.29. The first-order valence-corrected chi connectivity index (χ1v) is 6.76. The van der Waals surface area contributed by atoms with E-state index in [4.69, 9.17) is 11.6 Å². The van der Waals surface area contributed by atoms with Gasteiger partial charge in [-0.1, -0.05) is 48.0 Å². The molecule has 0 unspecified atom stereocenters. The van der Waals surface area contributed by atoms with Crippen molar-refractivity contribution in [2.75, 3.05) is 6.26 Å². The number of rotatable bonds is 3. The van der Waals surface area contributed by atoms with Crippen molar-refractivity contribution < 1.29 is 4.79 Å². The van der Waals surface area contributed by atoms with Crippen LogP contribution in [0.4, 0.5) is 0 Å². The van der Waals surface area contributed by atoms with Gasteiger partial charge >= 0.3 is 0 Å². The predicted octanol–water partition coefficient (Wildman–Crippen LogP) is 4.29. The Morgan fingerprint density at radius 1 is 1.06 bits per heavy atom. The Kier molecular flexibility index (Phi) is 3.87. The normalized spacial score (nSPS) is 10.2. The van der Waals surface area contributed by atoms with Crippen LogP contribution in [0.3, 0.4) is 0 Å². The number of halogens is 1. The molecule has 0 spiro atoms. The highest BCUT2D eigenvalue weighted by atomic mass is 35.5. The second-order valence-corrected chi connectivity index (χ2v) is 4.77. The molecule has 0 radical (unpaired) electrons. The van der Waals surface area contributed by atoms with Gasteiger partial charge in [-0.15, -0.1) is 11.8 Å². The summed E-state index contributed by atoms with van der Waals surface area (Å²) in [7, 11) is 0. The summed E-state index contributed by atoms with van der Waals surface area (Å²) >= 11 is 7.65. The average Bonchev–Trinajstić information content (AvgIpc) is 2.38. The molecule has 0 fully saturated rings. The highest BCUT2D eigenvalue weighted by Gasteiger charge is 2.16. The zero-order chi connectivity index (χ0) is 12.3. The van der Waals surface area contributed by atoms with Crippen LogP contribution < -0.4 is 0 Å². The van der Waals surface area contributed by atoms with Crippen LogP contribution in [0, 0.1) is 0 Å². The zero-order valence-corrected chi connectivity index (χ0v) is 10.9. The Balaban J connectivity index is 2.51. The van der Waals surface area contributed by atoms with Gasteiger partial charge in [0.25, 0.3) is 0 Å². The highest BCUT2D eigenvalue weighted by molar-refractivity contribution is 7.98. The lowest BCUT2D eigenvalue weighted by atomic mass is 10.0. The topological polar surface area (TPSA) is 17.1 Å². The summed E-state index contributed by atoms with van der Waals surface area (Å²) in [5.74, 6) is -0.0273. The fourth-order valence-corrected chi connectivity index (χ4v) is 2.57. The maximum Gasteiger partial charge on any atom is 0.195 e. The fourth-order valence-electron chi connectivity index (χ4n) is 1.63. The second-order valence-electron chi connectivity index (χ2n) is 3.51. The van der Waals surface area contributed by atoms with Gasteiger partial charge in [0, 0.05) is 10.5 Å². The van der Waals surface area contributed by atoms with Crippen molar-refractivity contribution in [2.24, 2.45) is 0 Å². The first-order valence-electron chi connectivity index (χ1n) is 5.16. The van der Waals surface area contributed by atoms with Crippen molar-refractivity contribution >= 4 is 29.1 Å². The molecule has 3 heteroatoms. The number of ketones is 1. The van der Waals surface area contributed by atoms with Gasteiger partial charge in [-0.05, 0) is 18.4 Å². The molecule has 0 bridgehead atoms. The average molecular weight is 263 g/mol. The van der Waals surface area contributed by atoms with E-state index in [1.807, 2.05) is 36.6 Å². The lowest BCUT2D eigenvalue weighted by molar-refractivity contribution is 0.103. The standard InChI is InChI=1S/C14H11ClOS/c1-17-12-9-5-8-11(15)13(12)14(16)10-6-3-2-4-7-10/h2-9H,1H3. The third-order valence-electron chi connectivity index (χ3n) is 2.46. The van der Waals surface area contributed by atoms with Crippen LogP contribution in [0.15, 0.2) is 53.4 Å². The van der Waals surface area contributed by atoms with Crippen LogP contribution in [0.5, 0.6) is 0 Å². The van der Waals surface area contributed by atoms with E-state index in [2.05, 4.69) is 0 Å². The maximum atomic E-state index is 12.3. The number of hydrogen-bond acceptors (Lipinski definition) is 2. The molecule has 0 aromatic heterocycles. The maximum absolute atomic E-state index is 12.3. The summed E-state index contributed by atoms with van der Waals surface area (Å²) in [6, 6.07) is 14.7. The molecule has 86 valence electrons. The van der Waals surface area contributed by atoms with E-state index >= 15 is 0 Å². The van der Waals surface area contributed by atoms with Gasteiger partial charge in [-0.25, -0.2) is 0 Å². The molecule has 1 nitrogen and oxygen atoms in total. The van der Waals surface area contributed by atoms with Crippen LogP contribution in [0.2, 0.25) is 5.02 Å². The summed E-state index contributed by atoms with van der Waals surface area (Å²) in [5.41, 5.74) is 1.25. The fraction of sp³-hybridized carbons (Fsp3) is 0.0714. The first kappa shape index (κ1) is 12.2. The molecular formula is C14H11ClOS. The van der Waals surface area contributed by atoms with Crippen molar-refractivity contribution in [3.8, 4) is 0 Å². The summed E-state index contributed by atoms with van der Waals surface area (Å²) < 4.78 is 0. The van der Waals surface area contributed by atoms with E-state index in [1.165, 1.54) is 11.8 Å². The van der Waals surface area contributed by atoms with Gasteiger partial charge in [-0.2, -0.15) is 0 Å². The van der Waals surface area contributed by atoms with Crippen LogP contribution in [-0.2, 0) is 0 Å². The number of benzene rings is 2.